The Labute approximate surface area is 152 Å². The summed E-state index contributed by atoms with van der Waals surface area (Å²) < 4.78 is 5.38. The van der Waals surface area contributed by atoms with Crippen molar-refractivity contribution >= 4 is 11.6 Å². The Bertz CT molecular complexity index is 589. The molecule has 0 aliphatic carbocycles. The fourth-order valence-corrected chi connectivity index (χ4v) is 3.20. The summed E-state index contributed by atoms with van der Waals surface area (Å²) in [5.74, 6) is 0.750. The number of hydrogen-bond donors (Lipinski definition) is 2. The maximum Gasteiger partial charge on any atom is 0.315 e. The molecular formula is C21H32N2O2. The minimum absolute atomic E-state index is 0.113. The van der Waals surface area contributed by atoms with Crippen LogP contribution in [0.2, 0.25) is 0 Å². The van der Waals surface area contributed by atoms with E-state index in [0.717, 1.165) is 61.5 Å². The van der Waals surface area contributed by atoms with Crippen LogP contribution in [0.15, 0.2) is 30.8 Å². The van der Waals surface area contributed by atoms with Gasteiger partial charge in [0.05, 0.1) is 5.54 Å². The number of nitrogens with one attached hydrogen (secondary N) is 2. The van der Waals surface area contributed by atoms with Crippen molar-refractivity contribution in [1.29, 1.82) is 0 Å². The van der Waals surface area contributed by atoms with Crippen LogP contribution < -0.4 is 10.6 Å². The lowest BCUT2D eigenvalue weighted by atomic mass is 9.92. The molecule has 2 N–H and O–H groups in total. The van der Waals surface area contributed by atoms with Crippen molar-refractivity contribution in [3.05, 3.63) is 42.0 Å². The summed E-state index contributed by atoms with van der Waals surface area (Å²) in [4.78, 5) is 12.2. The van der Waals surface area contributed by atoms with E-state index < -0.39 is 5.54 Å². The molecule has 138 valence electrons. The zero-order valence-electron chi connectivity index (χ0n) is 15.9. The summed E-state index contributed by atoms with van der Waals surface area (Å²) in [6.45, 7) is 12.5. The maximum atomic E-state index is 12.2. The number of amides is 2. The Morgan fingerprint density at radius 1 is 1.32 bits per heavy atom. The number of allylic oxidation sites excluding steroid dienone is 1. The molecule has 0 unspecified atom stereocenters. The lowest BCUT2D eigenvalue weighted by Gasteiger charge is -2.28. The van der Waals surface area contributed by atoms with E-state index in [4.69, 9.17) is 4.74 Å². The number of carbonyl (C=O) groups is 1. The molecule has 1 aliphatic heterocycles. The molecule has 2 amide bonds. The largest absolute Gasteiger partial charge is 0.381 e. The molecule has 0 spiro atoms. The number of carbonyl (C=O) groups excluding carboxylic acids is 1. The second-order valence-corrected chi connectivity index (χ2v) is 7.57. The normalized spacial score (nSPS) is 15.6. The molecule has 0 saturated carbocycles. The van der Waals surface area contributed by atoms with Gasteiger partial charge in [-0.3, -0.25) is 0 Å². The van der Waals surface area contributed by atoms with Crippen LogP contribution in [0.5, 0.6) is 0 Å². The monoisotopic (exact) mass is 344 g/mol. The van der Waals surface area contributed by atoms with Crippen molar-refractivity contribution < 1.29 is 9.53 Å². The zero-order valence-corrected chi connectivity index (χ0v) is 15.9. The van der Waals surface area contributed by atoms with Crippen molar-refractivity contribution in [2.45, 2.75) is 52.0 Å². The predicted octanol–water partition coefficient (Wildman–Crippen LogP) is 4.46. The number of hydrogen-bond acceptors (Lipinski definition) is 2. The van der Waals surface area contributed by atoms with Crippen LogP contribution in [-0.4, -0.2) is 25.8 Å². The van der Waals surface area contributed by atoms with Crippen LogP contribution in [-0.2, 0) is 10.3 Å². The Morgan fingerprint density at radius 2 is 2.04 bits per heavy atom. The number of urea groups is 1. The third kappa shape index (κ3) is 6.20. The van der Waals surface area contributed by atoms with E-state index in [1.807, 2.05) is 39.0 Å². The average Bonchev–Trinajstić information content (AvgIpc) is 2.59. The Hall–Kier alpha value is -1.81. The van der Waals surface area contributed by atoms with Crippen molar-refractivity contribution in [2.75, 3.05) is 19.8 Å². The molecule has 0 atom stereocenters. The van der Waals surface area contributed by atoms with Crippen molar-refractivity contribution in [2.24, 2.45) is 5.92 Å². The summed E-state index contributed by atoms with van der Waals surface area (Å²) in [6, 6.07) is 8.07. The van der Waals surface area contributed by atoms with E-state index in [9.17, 15) is 4.79 Å². The smallest absolute Gasteiger partial charge is 0.315 e. The summed E-state index contributed by atoms with van der Waals surface area (Å²) in [6.07, 6.45) is 4.48. The van der Waals surface area contributed by atoms with Crippen LogP contribution in [0.25, 0.3) is 5.57 Å². The van der Waals surface area contributed by atoms with Gasteiger partial charge in [0.2, 0.25) is 0 Å². The van der Waals surface area contributed by atoms with Crippen LogP contribution in [0.3, 0.4) is 0 Å². The van der Waals surface area contributed by atoms with Gasteiger partial charge in [-0.05, 0) is 69.6 Å². The molecule has 4 heteroatoms. The molecule has 2 rings (SSSR count). The van der Waals surface area contributed by atoms with Crippen LogP contribution in [0.1, 0.15) is 57.6 Å². The lowest BCUT2D eigenvalue weighted by molar-refractivity contribution is 0.0633. The molecule has 4 nitrogen and oxygen atoms in total. The van der Waals surface area contributed by atoms with Gasteiger partial charge in [0.25, 0.3) is 0 Å². The van der Waals surface area contributed by atoms with Gasteiger partial charge in [-0.2, -0.15) is 0 Å². The molecule has 25 heavy (non-hydrogen) atoms. The first-order chi connectivity index (χ1) is 11.9. The fourth-order valence-electron chi connectivity index (χ4n) is 3.20. The summed E-state index contributed by atoms with van der Waals surface area (Å²) in [5.41, 5.74) is 2.76. The Balaban J connectivity index is 1.78. The summed E-state index contributed by atoms with van der Waals surface area (Å²) in [7, 11) is 0. The molecule has 0 radical (unpaired) electrons. The number of ether oxygens (including phenoxy) is 1. The van der Waals surface area contributed by atoms with Gasteiger partial charge >= 0.3 is 6.03 Å². The molecule has 0 aromatic heterocycles. The minimum Gasteiger partial charge on any atom is -0.381 e. The van der Waals surface area contributed by atoms with E-state index in [1.165, 1.54) is 0 Å². The van der Waals surface area contributed by atoms with Gasteiger partial charge in [-0.1, -0.05) is 30.4 Å². The quantitative estimate of drug-likeness (QED) is 0.718. The highest BCUT2D eigenvalue weighted by Gasteiger charge is 2.23. The van der Waals surface area contributed by atoms with Crippen LogP contribution in [0, 0.1) is 5.92 Å². The Morgan fingerprint density at radius 3 is 2.72 bits per heavy atom. The molecule has 1 aromatic carbocycles. The van der Waals surface area contributed by atoms with Gasteiger partial charge < -0.3 is 15.4 Å². The lowest BCUT2D eigenvalue weighted by Crippen LogP contribution is -2.46. The van der Waals surface area contributed by atoms with Gasteiger partial charge in [-0.15, -0.1) is 0 Å². The van der Waals surface area contributed by atoms with Gasteiger partial charge in [0.15, 0.2) is 0 Å². The first-order valence-electron chi connectivity index (χ1n) is 9.28. The third-order valence-corrected chi connectivity index (χ3v) is 4.92. The molecule has 1 aliphatic rings. The van der Waals surface area contributed by atoms with Crippen molar-refractivity contribution in [3.63, 3.8) is 0 Å². The van der Waals surface area contributed by atoms with Gasteiger partial charge in [0.1, 0.15) is 0 Å². The standard InChI is InChI=1S/C21H32N2O2/c1-16(2)18-8-5-9-19(15-18)21(3,4)23-20(24)22-12-6-7-17-10-13-25-14-11-17/h5,8-9,15,17H,1,6-7,10-14H2,2-4H3,(H2,22,23,24). The molecular weight excluding hydrogens is 312 g/mol. The number of benzene rings is 1. The van der Waals surface area contributed by atoms with E-state index >= 15 is 0 Å². The second-order valence-electron chi connectivity index (χ2n) is 7.57. The van der Waals surface area contributed by atoms with E-state index in [0.29, 0.717) is 6.54 Å². The van der Waals surface area contributed by atoms with E-state index in [1.54, 1.807) is 0 Å². The van der Waals surface area contributed by atoms with Gasteiger partial charge in [0, 0.05) is 19.8 Å². The number of rotatable bonds is 7. The summed E-state index contributed by atoms with van der Waals surface area (Å²) >= 11 is 0. The first kappa shape index (κ1) is 19.5. The SMILES string of the molecule is C=C(C)c1cccc(C(C)(C)NC(=O)NCCCC2CCOCC2)c1. The maximum absolute atomic E-state index is 12.2. The molecule has 0 bridgehead atoms. The Kier molecular flexibility index (Phi) is 7.06. The topological polar surface area (TPSA) is 50.4 Å². The van der Waals surface area contributed by atoms with E-state index in [-0.39, 0.29) is 6.03 Å². The average molecular weight is 344 g/mol. The first-order valence-corrected chi connectivity index (χ1v) is 9.28. The van der Waals surface area contributed by atoms with Gasteiger partial charge in [-0.25, -0.2) is 4.79 Å². The molecule has 1 heterocycles. The predicted molar refractivity (Wildman–Crippen MR) is 103 cm³/mol. The highest BCUT2D eigenvalue weighted by Crippen LogP contribution is 2.23. The highest BCUT2D eigenvalue weighted by molar-refractivity contribution is 5.75. The van der Waals surface area contributed by atoms with Crippen molar-refractivity contribution in [3.8, 4) is 0 Å². The van der Waals surface area contributed by atoms with E-state index in [2.05, 4.69) is 23.3 Å². The minimum atomic E-state index is -0.434. The zero-order chi connectivity index (χ0) is 18.3. The molecule has 1 fully saturated rings. The van der Waals surface area contributed by atoms with Crippen LogP contribution >= 0.6 is 0 Å². The second kappa shape index (κ2) is 9.04. The van der Waals surface area contributed by atoms with Crippen molar-refractivity contribution in [1.82, 2.24) is 10.6 Å². The fraction of sp³-hybridized carbons (Fsp3) is 0.571. The third-order valence-electron chi connectivity index (χ3n) is 4.92. The highest BCUT2D eigenvalue weighted by atomic mass is 16.5. The van der Waals surface area contributed by atoms with Crippen LogP contribution in [0.4, 0.5) is 4.79 Å². The molecule has 1 saturated heterocycles. The molecule has 1 aromatic rings. The summed E-state index contributed by atoms with van der Waals surface area (Å²) in [5, 5.41) is 6.06.